The molecule has 11 heteroatoms. The van der Waals surface area contributed by atoms with Crippen LogP contribution in [-0.2, 0) is 6.42 Å². The van der Waals surface area contributed by atoms with Crippen LogP contribution in [0.3, 0.4) is 0 Å². The summed E-state index contributed by atoms with van der Waals surface area (Å²) in [5.74, 6) is 0.277. The molecule has 0 radical (unpaired) electrons. The molecule has 1 heterocycles. The van der Waals surface area contributed by atoms with Crippen LogP contribution in [0.15, 0.2) is 36.4 Å². The summed E-state index contributed by atoms with van der Waals surface area (Å²) in [4.78, 5) is 11.7. The second-order valence-corrected chi connectivity index (χ2v) is 9.37. The summed E-state index contributed by atoms with van der Waals surface area (Å²) >= 11 is 1.01. The van der Waals surface area contributed by atoms with Crippen LogP contribution in [0.4, 0.5) is 10.5 Å². The zero-order chi connectivity index (χ0) is 24.8. The van der Waals surface area contributed by atoms with E-state index >= 15 is 0 Å². The van der Waals surface area contributed by atoms with Gasteiger partial charge in [0.2, 0.25) is 0 Å². The molecular weight excluding hydrogens is 464 g/mol. The molecule has 0 saturated carbocycles. The van der Waals surface area contributed by atoms with E-state index in [1.807, 2.05) is 19.1 Å². The number of phenolic OH excluding ortho intramolecular Hbond substituents is 1. The van der Waals surface area contributed by atoms with Gasteiger partial charge in [-0.05, 0) is 36.2 Å². The number of carbonyl (C=O) groups is 1. The van der Waals surface area contributed by atoms with E-state index in [1.54, 1.807) is 18.2 Å². The number of hydrogen-bond donors (Lipinski definition) is 8. The van der Waals surface area contributed by atoms with E-state index < -0.39 is 41.6 Å². The maximum atomic E-state index is 11.7. The lowest BCUT2D eigenvalue weighted by atomic mass is 9.98. The molecule has 0 aromatic heterocycles. The Kier molecular flexibility index (Phi) is 9.00. The Hall–Kier alpha value is -2.54. The minimum atomic E-state index is -1.49. The highest BCUT2D eigenvalue weighted by atomic mass is 32.2. The van der Waals surface area contributed by atoms with Crippen molar-refractivity contribution in [1.29, 1.82) is 0 Å². The molecule has 2 aromatic carbocycles. The topological polar surface area (TPSA) is 172 Å². The van der Waals surface area contributed by atoms with Crippen LogP contribution in [-0.4, -0.2) is 85.4 Å². The van der Waals surface area contributed by atoms with Crippen LogP contribution in [0.5, 0.6) is 11.5 Å². The first kappa shape index (κ1) is 26.1. The molecule has 1 aliphatic rings. The molecule has 1 aliphatic heterocycles. The number of aliphatic hydroxyl groups is 5. The van der Waals surface area contributed by atoms with Gasteiger partial charge in [0.15, 0.2) is 5.44 Å². The van der Waals surface area contributed by atoms with Crippen molar-refractivity contribution in [3.8, 4) is 11.5 Å². The number of phenols is 1. The van der Waals surface area contributed by atoms with Gasteiger partial charge in [-0.2, -0.15) is 0 Å². The molecule has 8 N–H and O–H groups in total. The number of benzene rings is 2. The normalized spacial score (nSPS) is 24.5. The molecule has 2 amide bonds. The summed E-state index contributed by atoms with van der Waals surface area (Å²) in [6.07, 6.45) is -3.77. The number of carbonyl (C=O) groups excluding carboxylic acids is 1. The Morgan fingerprint density at radius 3 is 2.41 bits per heavy atom. The molecule has 34 heavy (non-hydrogen) atoms. The van der Waals surface area contributed by atoms with Crippen molar-refractivity contribution in [2.75, 3.05) is 25.1 Å². The van der Waals surface area contributed by atoms with Crippen molar-refractivity contribution in [2.45, 2.75) is 42.3 Å². The number of ether oxygens (including phenoxy) is 1. The fourth-order valence-electron chi connectivity index (χ4n) is 3.64. The van der Waals surface area contributed by atoms with Crippen molar-refractivity contribution in [1.82, 2.24) is 5.32 Å². The van der Waals surface area contributed by atoms with Gasteiger partial charge in [0, 0.05) is 30.3 Å². The first-order valence-electron chi connectivity index (χ1n) is 10.8. The standard InChI is InChI=1S/C23H30N2O8S/c1-12-8-15(28)10-17(33-22-21(31)20(30)19(29)18(11-27)34-22)16(12)9-13-2-4-14(5-3-13)25-23(32)24-6-7-26/h2-5,8,10,18-22,26-31H,6-7,9,11H2,1H3,(H2,24,25,32)/t18-,19-,20+,21-,22-/m1/s1. The average molecular weight is 495 g/mol. The van der Waals surface area contributed by atoms with E-state index in [4.69, 9.17) is 9.84 Å². The van der Waals surface area contributed by atoms with Crippen LogP contribution in [0.1, 0.15) is 16.7 Å². The van der Waals surface area contributed by atoms with Crippen LogP contribution < -0.4 is 15.4 Å². The Morgan fingerprint density at radius 1 is 1.06 bits per heavy atom. The second-order valence-electron chi connectivity index (χ2n) is 8.03. The number of nitrogens with one attached hydrogen (secondary N) is 2. The van der Waals surface area contributed by atoms with Gasteiger partial charge in [-0.15, -0.1) is 11.8 Å². The molecular formula is C23H30N2O8S. The van der Waals surface area contributed by atoms with Crippen molar-refractivity contribution >= 4 is 23.5 Å². The largest absolute Gasteiger partial charge is 0.508 e. The van der Waals surface area contributed by atoms with Crippen molar-refractivity contribution in [3.63, 3.8) is 0 Å². The number of aliphatic hydroxyl groups excluding tert-OH is 5. The SMILES string of the molecule is Cc1cc(O)cc(O[C@@H]2S[C@H](CO)[C@@H](O)[C@H](O)[C@H]2O)c1Cc1ccc(NC(=O)NCCO)cc1. The Balaban J connectivity index is 1.77. The van der Waals surface area contributed by atoms with Crippen LogP contribution in [0.2, 0.25) is 0 Å². The van der Waals surface area contributed by atoms with Crippen molar-refractivity contribution in [2.24, 2.45) is 0 Å². The fraction of sp³-hybridized carbons (Fsp3) is 0.435. The molecule has 0 spiro atoms. The molecule has 5 atom stereocenters. The zero-order valence-corrected chi connectivity index (χ0v) is 19.4. The average Bonchev–Trinajstić information content (AvgIpc) is 2.81. The summed E-state index contributed by atoms with van der Waals surface area (Å²) in [5, 5.41) is 63.4. The summed E-state index contributed by atoms with van der Waals surface area (Å²) in [6, 6.07) is 9.69. The fourth-order valence-corrected chi connectivity index (χ4v) is 4.88. The monoisotopic (exact) mass is 494 g/mol. The van der Waals surface area contributed by atoms with Gasteiger partial charge >= 0.3 is 6.03 Å². The summed E-state index contributed by atoms with van der Waals surface area (Å²) in [5.41, 5.74) is 1.98. The van der Waals surface area contributed by atoms with E-state index in [9.17, 15) is 30.3 Å². The van der Waals surface area contributed by atoms with E-state index in [0.29, 0.717) is 17.9 Å². The minimum Gasteiger partial charge on any atom is -0.508 e. The van der Waals surface area contributed by atoms with Gasteiger partial charge in [-0.3, -0.25) is 0 Å². The molecule has 0 unspecified atom stereocenters. The second kappa shape index (κ2) is 11.7. The van der Waals surface area contributed by atoms with Gasteiger partial charge < -0.3 is 46.0 Å². The molecule has 1 fully saturated rings. The predicted octanol–water partition coefficient (Wildman–Crippen LogP) is 0.301. The maximum Gasteiger partial charge on any atom is 0.319 e. The van der Waals surface area contributed by atoms with Crippen LogP contribution in [0, 0.1) is 6.92 Å². The Morgan fingerprint density at radius 2 is 1.76 bits per heavy atom. The molecule has 0 bridgehead atoms. The number of aryl methyl sites for hydroxylation is 1. The van der Waals surface area contributed by atoms with Gasteiger partial charge in [0.05, 0.1) is 24.6 Å². The molecule has 3 rings (SSSR count). The Bertz CT molecular complexity index is 972. The lowest BCUT2D eigenvalue weighted by Crippen LogP contribution is -2.55. The number of thioether (sulfide) groups is 1. The molecule has 0 aliphatic carbocycles. The van der Waals surface area contributed by atoms with Gasteiger partial charge in [0.1, 0.15) is 23.7 Å². The highest BCUT2D eigenvalue weighted by Gasteiger charge is 2.44. The maximum absolute atomic E-state index is 11.7. The number of aromatic hydroxyl groups is 1. The van der Waals surface area contributed by atoms with Crippen molar-refractivity contribution < 1.29 is 40.2 Å². The van der Waals surface area contributed by atoms with Crippen molar-refractivity contribution in [3.05, 3.63) is 53.1 Å². The number of amides is 2. The van der Waals surface area contributed by atoms with Gasteiger partial charge in [-0.25, -0.2) is 4.79 Å². The van der Waals surface area contributed by atoms with E-state index in [2.05, 4.69) is 10.6 Å². The van der Waals surface area contributed by atoms with E-state index in [-0.39, 0.29) is 18.9 Å². The highest BCUT2D eigenvalue weighted by molar-refractivity contribution is 8.00. The minimum absolute atomic E-state index is 0.0284. The predicted molar refractivity (Wildman–Crippen MR) is 127 cm³/mol. The van der Waals surface area contributed by atoms with E-state index in [0.717, 1.165) is 28.5 Å². The third-order valence-electron chi connectivity index (χ3n) is 5.50. The lowest BCUT2D eigenvalue weighted by Gasteiger charge is -2.39. The smallest absolute Gasteiger partial charge is 0.319 e. The van der Waals surface area contributed by atoms with Crippen LogP contribution in [0.25, 0.3) is 0 Å². The number of anilines is 1. The van der Waals surface area contributed by atoms with Gasteiger partial charge in [-0.1, -0.05) is 12.1 Å². The summed E-state index contributed by atoms with van der Waals surface area (Å²) in [6.45, 7) is 1.40. The molecule has 186 valence electrons. The zero-order valence-electron chi connectivity index (χ0n) is 18.6. The summed E-state index contributed by atoms with van der Waals surface area (Å²) < 4.78 is 5.98. The van der Waals surface area contributed by atoms with E-state index in [1.165, 1.54) is 6.07 Å². The van der Waals surface area contributed by atoms with Crippen LogP contribution >= 0.6 is 11.8 Å². The molecule has 10 nitrogen and oxygen atoms in total. The third-order valence-corrected chi connectivity index (χ3v) is 6.92. The highest BCUT2D eigenvalue weighted by Crippen LogP contribution is 2.37. The number of rotatable bonds is 8. The number of urea groups is 1. The lowest BCUT2D eigenvalue weighted by molar-refractivity contribution is -0.0910. The molecule has 1 saturated heterocycles. The quantitative estimate of drug-likeness (QED) is 0.257. The first-order valence-corrected chi connectivity index (χ1v) is 11.7. The van der Waals surface area contributed by atoms with Gasteiger partial charge in [0.25, 0.3) is 0 Å². The molecule has 2 aromatic rings. The Labute approximate surface area is 201 Å². The first-order chi connectivity index (χ1) is 16.2. The third kappa shape index (κ3) is 6.32. The summed E-state index contributed by atoms with van der Waals surface area (Å²) in [7, 11) is 0. The number of hydrogen-bond acceptors (Lipinski definition) is 9.